The van der Waals surface area contributed by atoms with Gasteiger partial charge >= 0.3 is 6.09 Å². The Kier molecular flexibility index (Phi) is 8.34. The van der Waals surface area contributed by atoms with Crippen LogP contribution in [0.15, 0.2) is 0 Å². The highest BCUT2D eigenvalue weighted by Gasteiger charge is 2.32. The van der Waals surface area contributed by atoms with Gasteiger partial charge in [0.05, 0.1) is 12.4 Å². The van der Waals surface area contributed by atoms with Gasteiger partial charge in [-0.1, -0.05) is 13.3 Å². The number of rotatable bonds is 7. The van der Waals surface area contributed by atoms with Crippen molar-refractivity contribution in [3.05, 3.63) is 0 Å². The Morgan fingerprint density at radius 1 is 1.04 bits per heavy atom. The molecule has 0 aromatic rings. The summed E-state index contributed by atoms with van der Waals surface area (Å²) < 4.78 is 31.0. The van der Waals surface area contributed by atoms with Crippen molar-refractivity contribution in [1.29, 1.82) is 0 Å². The number of carbonyl (C=O) groups is 2. The van der Waals surface area contributed by atoms with Crippen LogP contribution in [0.25, 0.3) is 0 Å². The molecule has 0 atom stereocenters. The van der Waals surface area contributed by atoms with Gasteiger partial charge in [0, 0.05) is 38.1 Å². The molecule has 2 rings (SSSR count). The molecule has 2 saturated heterocycles. The highest BCUT2D eigenvalue weighted by atomic mass is 32.2. The number of carbonyl (C=O) groups excluding carboxylic acids is 2. The van der Waals surface area contributed by atoms with Gasteiger partial charge in [-0.3, -0.25) is 4.79 Å². The highest BCUT2D eigenvalue weighted by Crippen LogP contribution is 2.21. The van der Waals surface area contributed by atoms with Crippen LogP contribution in [-0.2, 0) is 19.6 Å². The molecule has 2 aliphatic heterocycles. The fraction of sp³-hybridized carbons (Fsp3) is 0.889. The van der Waals surface area contributed by atoms with E-state index < -0.39 is 10.0 Å². The molecule has 27 heavy (non-hydrogen) atoms. The number of unbranched alkanes of at least 4 members (excludes halogenated alkanes) is 1. The van der Waals surface area contributed by atoms with E-state index >= 15 is 0 Å². The van der Waals surface area contributed by atoms with E-state index in [2.05, 4.69) is 5.32 Å². The summed E-state index contributed by atoms with van der Waals surface area (Å²) in [5.74, 6) is 0.0697. The largest absolute Gasteiger partial charge is 0.450 e. The molecule has 8 nitrogen and oxygen atoms in total. The molecule has 0 aliphatic carbocycles. The standard InChI is InChI=1S/C18H33N3O5S/c1-3-5-14-27(24,25)21-12-6-15(7-13-21)17(22)19-16-8-10-20(11-9-16)18(23)26-4-2/h15-16H,3-14H2,1-2H3,(H,19,22). The van der Waals surface area contributed by atoms with Crippen LogP contribution in [-0.4, -0.2) is 74.2 Å². The third-order valence-corrected chi connectivity index (χ3v) is 7.30. The van der Waals surface area contributed by atoms with Crippen molar-refractivity contribution in [2.75, 3.05) is 38.5 Å². The van der Waals surface area contributed by atoms with E-state index in [1.54, 1.807) is 11.8 Å². The molecule has 2 aliphatic rings. The number of hydrogen-bond acceptors (Lipinski definition) is 5. The molecule has 1 N–H and O–H groups in total. The van der Waals surface area contributed by atoms with Gasteiger partial charge in [0.15, 0.2) is 0 Å². The lowest BCUT2D eigenvalue weighted by Crippen LogP contribution is -2.49. The first-order valence-corrected chi connectivity index (χ1v) is 11.7. The summed E-state index contributed by atoms with van der Waals surface area (Å²) in [7, 11) is -3.19. The Morgan fingerprint density at radius 2 is 1.67 bits per heavy atom. The normalized spacial score (nSPS) is 20.4. The number of nitrogens with zero attached hydrogens (tertiary/aromatic N) is 2. The molecule has 0 saturated carbocycles. The van der Waals surface area contributed by atoms with Gasteiger partial charge in [-0.05, 0) is 39.0 Å². The number of nitrogens with one attached hydrogen (secondary N) is 1. The first-order chi connectivity index (χ1) is 12.9. The maximum Gasteiger partial charge on any atom is 0.409 e. The molecule has 0 spiro atoms. The Morgan fingerprint density at radius 3 is 2.22 bits per heavy atom. The van der Waals surface area contributed by atoms with Crippen molar-refractivity contribution in [1.82, 2.24) is 14.5 Å². The quantitative estimate of drug-likeness (QED) is 0.696. The van der Waals surface area contributed by atoms with E-state index in [9.17, 15) is 18.0 Å². The minimum absolute atomic E-state index is 0.00944. The highest BCUT2D eigenvalue weighted by molar-refractivity contribution is 7.89. The third-order valence-electron chi connectivity index (χ3n) is 5.34. The summed E-state index contributed by atoms with van der Waals surface area (Å²) in [4.78, 5) is 25.9. The van der Waals surface area contributed by atoms with Gasteiger partial charge in [-0.15, -0.1) is 0 Å². The lowest BCUT2D eigenvalue weighted by atomic mass is 9.96. The van der Waals surface area contributed by atoms with Crippen molar-refractivity contribution in [3.8, 4) is 0 Å². The summed E-state index contributed by atoms with van der Waals surface area (Å²) in [6, 6.07) is 0.0643. The molecular formula is C18H33N3O5S. The number of likely N-dealkylation sites (tertiary alicyclic amines) is 1. The monoisotopic (exact) mass is 403 g/mol. The van der Waals surface area contributed by atoms with Gasteiger partial charge in [0.1, 0.15) is 0 Å². The van der Waals surface area contributed by atoms with Crippen LogP contribution >= 0.6 is 0 Å². The molecule has 2 heterocycles. The van der Waals surface area contributed by atoms with Crippen molar-refractivity contribution in [3.63, 3.8) is 0 Å². The molecule has 0 bridgehead atoms. The molecule has 9 heteroatoms. The van der Waals surface area contributed by atoms with E-state index in [0.29, 0.717) is 52.0 Å². The average molecular weight is 404 g/mol. The molecule has 2 amide bonds. The van der Waals surface area contributed by atoms with E-state index in [1.165, 1.54) is 4.31 Å². The first-order valence-electron chi connectivity index (χ1n) is 10.1. The van der Waals surface area contributed by atoms with Crippen LogP contribution < -0.4 is 5.32 Å². The molecule has 0 unspecified atom stereocenters. The zero-order chi connectivity index (χ0) is 19.9. The maximum absolute atomic E-state index is 12.5. The van der Waals surface area contributed by atoms with Crippen molar-refractivity contribution >= 4 is 22.0 Å². The van der Waals surface area contributed by atoms with Crippen LogP contribution in [0.4, 0.5) is 4.79 Å². The zero-order valence-electron chi connectivity index (χ0n) is 16.5. The van der Waals surface area contributed by atoms with Gasteiger partial charge in [-0.25, -0.2) is 17.5 Å². The molecule has 2 fully saturated rings. The number of ether oxygens (including phenoxy) is 1. The van der Waals surface area contributed by atoms with Crippen LogP contribution in [0.2, 0.25) is 0 Å². The Balaban J connectivity index is 1.73. The van der Waals surface area contributed by atoms with E-state index in [-0.39, 0.29) is 29.7 Å². The maximum atomic E-state index is 12.5. The Hall–Kier alpha value is -1.35. The minimum atomic E-state index is -3.19. The van der Waals surface area contributed by atoms with Crippen molar-refractivity contribution in [2.45, 2.75) is 58.4 Å². The van der Waals surface area contributed by atoms with E-state index in [1.807, 2.05) is 6.92 Å². The molecule has 0 aromatic carbocycles. The molecule has 0 aromatic heterocycles. The second kappa shape index (κ2) is 10.3. The molecular weight excluding hydrogens is 370 g/mol. The average Bonchev–Trinajstić information content (AvgIpc) is 2.67. The summed E-state index contributed by atoms with van der Waals surface area (Å²) in [5.41, 5.74) is 0. The fourth-order valence-electron chi connectivity index (χ4n) is 3.59. The number of sulfonamides is 1. The van der Waals surface area contributed by atoms with Gasteiger partial charge in [0.25, 0.3) is 0 Å². The van der Waals surface area contributed by atoms with Crippen LogP contribution in [0.5, 0.6) is 0 Å². The summed E-state index contributed by atoms with van der Waals surface area (Å²) in [6.45, 7) is 6.13. The molecule has 156 valence electrons. The summed E-state index contributed by atoms with van der Waals surface area (Å²) in [5, 5.41) is 3.08. The molecule has 0 radical (unpaired) electrons. The first kappa shape index (κ1) is 21.9. The number of amides is 2. The summed E-state index contributed by atoms with van der Waals surface area (Å²) >= 11 is 0. The predicted molar refractivity (Wildman–Crippen MR) is 103 cm³/mol. The zero-order valence-corrected chi connectivity index (χ0v) is 17.3. The SMILES string of the molecule is CCCCS(=O)(=O)N1CCC(C(=O)NC2CCN(C(=O)OCC)CC2)CC1. The third kappa shape index (κ3) is 6.34. The van der Waals surface area contributed by atoms with Gasteiger partial charge in [0.2, 0.25) is 15.9 Å². The second-order valence-corrected chi connectivity index (χ2v) is 9.40. The van der Waals surface area contributed by atoms with Crippen LogP contribution in [0.3, 0.4) is 0 Å². The van der Waals surface area contributed by atoms with E-state index in [0.717, 1.165) is 19.3 Å². The van der Waals surface area contributed by atoms with Gasteiger partial charge in [-0.2, -0.15) is 0 Å². The Bertz CT molecular complexity index is 594. The topological polar surface area (TPSA) is 96.0 Å². The number of piperidine rings is 2. The summed E-state index contributed by atoms with van der Waals surface area (Å²) in [6.07, 6.45) is 3.81. The van der Waals surface area contributed by atoms with Gasteiger partial charge < -0.3 is 15.0 Å². The second-order valence-electron chi connectivity index (χ2n) is 7.31. The predicted octanol–water partition coefficient (Wildman–Crippen LogP) is 1.57. The lowest BCUT2D eigenvalue weighted by Gasteiger charge is -2.34. The smallest absolute Gasteiger partial charge is 0.409 e. The number of hydrogen-bond donors (Lipinski definition) is 1. The van der Waals surface area contributed by atoms with Crippen molar-refractivity contribution < 1.29 is 22.7 Å². The minimum Gasteiger partial charge on any atom is -0.450 e. The fourth-order valence-corrected chi connectivity index (χ4v) is 5.27. The lowest BCUT2D eigenvalue weighted by molar-refractivity contribution is -0.127. The van der Waals surface area contributed by atoms with Crippen molar-refractivity contribution in [2.24, 2.45) is 5.92 Å². The Labute approximate surface area is 162 Å². The van der Waals surface area contributed by atoms with Crippen LogP contribution in [0.1, 0.15) is 52.4 Å². The van der Waals surface area contributed by atoms with E-state index in [4.69, 9.17) is 4.74 Å². The van der Waals surface area contributed by atoms with Crippen LogP contribution in [0, 0.1) is 5.92 Å².